The van der Waals surface area contributed by atoms with Gasteiger partial charge in [-0.05, 0) is 12.1 Å². The largest absolute Gasteiger partial charge is 0.324 e. The van der Waals surface area contributed by atoms with E-state index in [0.29, 0.717) is 5.75 Å². The summed E-state index contributed by atoms with van der Waals surface area (Å²) in [6, 6.07) is 3.17. The summed E-state index contributed by atoms with van der Waals surface area (Å²) in [5.74, 6) is 0.598. The van der Waals surface area contributed by atoms with Gasteiger partial charge in [0.05, 0.1) is 4.92 Å². The highest BCUT2D eigenvalue weighted by atomic mass is 32.2. The van der Waals surface area contributed by atoms with Crippen molar-refractivity contribution < 1.29 is 9.72 Å². The Hall–Kier alpha value is -1.14. The molecule has 0 spiro atoms. The van der Waals surface area contributed by atoms with Crippen LogP contribution in [0.5, 0.6) is 0 Å². The average Bonchev–Trinajstić information content (AvgIpc) is 2.60. The van der Waals surface area contributed by atoms with E-state index >= 15 is 0 Å². The van der Waals surface area contributed by atoms with Crippen molar-refractivity contribution in [3.05, 3.63) is 33.2 Å². The van der Waals surface area contributed by atoms with Crippen LogP contribution >= 0.6 is 23.1 Å². The highest BCUT2D eigenvalue weighted by molar-refractivity contribution is 8.13. The van der Waals surface area contributed by atoms with Crippen LogP contribution in [0.4, 0.5) is 5.00 Å². The molecule has 6 heteroatoms. The molecule has 0 saturated heterocycles. The molecule has 0 aliphatic rings. The van der Waals surface area contributed by atoms with Gasteiger partial charge in [0, 0.05) is 23.6 Å². The molecular weight excluding hydrogens is 234 g/mol. The molecule has 80 valence electrons. The molecule has 0 aliphatic carbocycles. The molecule has 0 amide bonds. The van der Waals surface area contributed by atoms with Gasteiger partial charge in [0.1, 0.15) is 0 Å². The Kier molecular flexibility index (Phi) is 4.51. The van der Waals surface area contributed by atoms with E-state index in [2.05, 4.69) is 0 Å². The van der Waals surface area contributed by atoms with Gasteiger partial charge >= 0.3 is 5.00 Å². The summed E-state index contributed by atoms with van der Waals surface area (Å²) in [7, 11) is 0. The first kappa shape index (κ1) is 11.9. The minimum atomic E-state index is -0.410. The molecular formula is C9H9NO3S2. The lowest BCUT2D eigenvalue weighted by Gasteiger charge is -1.87. The maximum Gasteiger partial charge on any atom is 0.324 e. The standard InChI is InChI=1S/C9H9NO3S2/c1-7(11)14-6-2-3-8-4-5-9(15-8)10(12)13/h2-5H,6H2,1H3. The first-order chi connectivity index (χ1) is 7.09. The van der Waals surface area contributed by atoms with Crippen molar-refractivity contribution in [2.24, 2.45) is 0 Å². The van der Waals surface area contributed by atoms with E-state index in [1.54, 1.807) is 12.1 Å². The zero-order valence-corrected chi connectivity index (χ0v) is 9.64. The van der Waals surface area contributed by atoms with Crippen molar-refractivity contribution in [3.8, 4) is 0 Å². The maximum absolute atomic E-state index is 10.6. The molecule has 0 aromatic carbocycles. The summed E-state index contributed by atoms with van der Waals surface area (Å²) in [5.41, 5.74) is 0. The van der Waals surface area contributed by atoms with Gasteiger partial charge < -0.3 is 0 Å². The van der Waals surface area contributed by atoms with Crippen LogP contribution in [-0.2, 0) is 4.79 Å². The molecule has 15 heavy (non-hydrogen) atoms. The number of thioether (sulfide) groups is 1. The summed E-state index contributed by atoms with van der Waals surface area (Å²) in [4.78, 5) is 21.4. The second kappa shape index (κ2) is 5.67. The minimum absolute atomic E-state index is 0.0665. The Morgan fingerprint density at radius 2 is 2.40 bits per heavy atom. The van der Waals surface area contributed by atoms with Crippen molar-refractivity contribution in [3.63, 3.8) is 0 Å². The average molecular weight is 243 g/mol. The van der Waals surface area contributed by atoms with Crippen LogP contribution < -0.4 is 0 Å². The molecule has 0 saturated carbocycles. The molecule has 0 unspecified atom stereocenters. The summed E-state index contributed by atoms with van der Waals surface area (Å²) in [6.45, 7) is 1.51. The normalized spacial score (nSPS) is 10.7. The van der Waals surface area contributed by atoms with Crippen LogP contribution in [0, 0.1) is 10.1 Å². The van der Waals surface area contributed by atoms with Crippen LogP contribution in [0.3, 0.4) is 0 Å². The highest BCUT2D eigenvalue weighted by Crippen LogP contribution is 2.24. The fraction of sp³-hybridized carbons (Fsp3) is 0.222. The highest BCUT2D eigenvalue weighted by Gasteiger charge is 2.07. The van der Waals surface area contributed by atoms with Gasteiger partial charge in [-0.25, -0.2) is 0 Å². The van der Waals surface area contributed by atoms with Crippen molar-refractivity contribution in [1.82, 2.24) is 0 Å². The molecule has 1 aromatic heterocycles. The molecule has 0 bridgehead atoms. The number of hydrogen-bond donors (Lipinski definition) is 0. The van der Waals surface area contributed by atoms with Crippen molar-refractivity contribution >= 4 is 39.3 Å². The fourth-order valence-corrected chi connectivity index (χ4v) is 2.04. The number of carbonyl (C=O) groups excluding carboxylic acids is 1. The lowest BCUT2D eigenvalue weighted by atomic mass is 10.4. The minimum Gasteiger partial charge on any atom is -0.288 e. The van der Waals surface area contributed by atoms with Gasteiger partial charge in [0.2, 0.25) is 0 Å². The number of thiophene rings is 1. The summed E-state index contributed by atoms with van der Waals surface area (Å²) < 4.78 is 0. The molecule has 0 radical (unpaired) electrons. The van der Waals surface area contributed by atoms with Gasteiger partial charge in [-0.15, -0.1) is 0 Å². The quantitative estimate of drug-likeness (QED) is 0.602. The van der Waals surface area contributed by atoms with Crippen LogP contribution in [-0.4, -0.2) is 15.8 Å². The van der Waals surface area contributed by atoms with Crippen molar-refractivity contribution in [1.29, 1.82) is 0 Å². The molecule has 1 rings (SSSR count). The molecule has 0 N–H and O–H groups in total. The monoisotopic (exact) mass is 243 g/mol. The van der Waals surface area contributed by atoms with E-state index in [0.717, 1.165) is 16.2 Å². The van der Waals surface area contributed by atoms with E-state index in [1.807, 2.05) is 6.08 Å². The third kappa shape index (κ3) is 4.26. The molecule has 1 aromatic rings. The second-order valence-electron chi connectivity index (χ2n) is 2.64. The molecule has 0 atom stereocenters. The van der Waals surface area contributed by atoms with E-state index in [9.17, 15) is 14.9 Å². The van der Waals surface area contributed by atoms with Gasteiger partial charge in [-0.2, -0.15) is 0 Å². The number of nitro groups is 1. The SMILES string of the molecule is CC(=O)SCC=Cc1ccc([N+](=O)[O-])s1. The third-order valence-electron chi connectivity index (χ3n) is 1.46. The van der Waals surface area contributed by atoms with Gasteiger partial charge in [-0.1, -0.05) is 29.2 Å². The Balaban J connectivity index is 2.50. The number of rotatable bonds is 4. The Labute approximate surface area is 95.1 Å². The van der Waals surface area contributed by atoms with Crippen LogP contribution in [0.2, 0.25) is 0 Å². The molecule has 4 nitrogen and oxygen atoms in total. The van der Waals surface area contributed by atoms with Crippen molar-refractivity contribution in [2.45, 2.75) is 6.92 Å². The summed E-state index contributed by atoms with van der Waals surface area (Å²) >= 11 is 2.33. The van der Waals surface area contributed by atoms with Gasteiger partial charge in [0.15, 0.2) is 5.12 Å². The predicted octanol–water partition coefficient (Wildman–Crippen LogP) is 2.95. The lowest BCUT2D eigenvalue weighted by molar-refractivity contribution is -0.380. The zero-order valence-electron chi connectivity index (χ0n) is 8.00. The van der Waals surface area contributed by atoms with Crippen molar-refractivity contribution in [2.75, 3.05) is 5.75 Å². The second-order valence-corrected chi connectivity index (χ2v) is 4.93. The van der Waals surface area contributed by atoms with E-state index in [-0.39, 0.29) is 10.1 Å². The maximum atomic E-state index is 10.6. The predicted molar refractivity (Wildman–Crippen MR) is 63.1 cm³/mol. The Bertz CT molecular complexity index is 398. The number of carbonyl (C=O) groups is 1. The van der Waals surface area contributed by atoms with Gasteiger partial charge in [-0.3, -0.25) is 14.9 Å². The van der Waals surface area contributed by atoms with Crippen LogP contribution in [0.15, 0.2) is 18.2 Å². The summed E-state index contributed by atoms with van der Waals surface area (Å²) in [6.07, 6.45) is 3.61. The van der Waals surface area contributed by atoms with E-state index in [1.165, 1.54) is 24.8 Å². The first-order valence-electron chi connectivity index (χ1n) is 4.13. The lowest BCUT2D eigenvalue weighted by Crippen LogP contribution is -1.81. The molecule has 0 aliphatic heterocycles. The smallest absolute Gasteiger partial charge is 0.288 e. The Morgan fingerprint density at radius 3 is 2.93 bits per heavy atom. The Morgan fingerprint density at radius 1 is 1.67 bits per heavy atom. The molecule has 1 heterocycles. The zero-order chi connectivity index (χ0) is 11.3. The van der Waals surface area contributed by atoms with Gasteiger partial charge in [0.25, 0.3) is 0 Å². The van der Waals surface area contributed by atoms with E-state index < -0.39 is 4.92 Å². The number of hydrogen-bond acceptors (Lipinski definition) is 5. The number of nitrogens with zero attached hydrogens (tertiary/aromatic N) is 1. The molecule has 0 fully saturated rings. The first-order valence-corrected chi connectivity index (χ1v) is 5.94. The van der Waals surface area contributed by atoms with Crippen LogP contribution in [0.25, 0.3) is 6.08 Å². The third-order valence-corrected chi connectivity index (χ3v) is 3.23. The van der Waals surface area contributed by atoms with Crippen LogP contribution in [0.1, 0.15) is 11.8 Å². The van der Waals surface area contributed by atoms with E-state index in [4.69, 9.17) is 0 Å². The fourth-order valence-electron chi connectivity index (χ4n) is 0.860. The topological polar surface area (TPSA) is 60.2 Å². The summed E-state index contributed by atoms with van der Waals surface area (Å²) in [5, 5.41) is 10.6.